The van der Waals surface area contributed by atoms with Crippen molar-refractivity contribution >= 4 is 33.2 Å². The van der Waals surface area contributed by atoms with Crippen LogP contribution >= 0.6 is 11.6 Å². The molecule has 0 N–H and O–H groups in total. The summed E-state index contributed by atoms with van der Waals surface area (Å²) in [7, 11) is -2.32. The molecule has 0 bridgehead atoms. The highest BCUT2D eigenvalue weighted by atomic mass is 35.5. The number of hydrogen-bond acceptors (Lipinski definition) is 3. The van der Waals surface area contributed by atoms with Crippen LogP contribution in [0.2, 0.25) is 5.02 Å². The van der Waals surface area contributed by atoms with Crippen LogP contribution in [0.5, 0.6) is 0 Å². The summed E-state index contributed by atoms with van der Waals surface area (Å²) in [5, 5.41) is 0.261. The fourth-order valence-electron chi connectivity index (χ4n) is 3.76. The Hall–Kier alpha value is -2.05. The Morgan fingerprint density at radius 2 is 1.68 bits per heavy atom. The first-order chi connectivity index (χ1) is 13.2. The van der Waals surface area contributed by atoms with E-state index < -0.39 is 10.0 Å². The molecule has 5 nitrogen and oxygen atoms in total. The van der Waals surface area contributed by atoms with Gasteiger partial charge >= 0.3 is 0 Å². The summed E-state index contributed by atoms with van der Waals surface area (Å²) < 4.78 is 27.3. The van der Waals surface area contributed by atoms with Crippen molar-refractivity contribution in [3.8, 4) is 0 Å². The molecular weight excluding hydrogens is 396 g/mol. The van der Waals surface area contributed by atoms with Crippen LogP contribution in [0.25, 0.3) is 0 Å². The van der Waals surface area contributed by atoms with Crippen molar-refractivity contribution in [2.24, 2.45) is 11.8 Å². The third-order valence-electron chi connectivity index (χ3n) is 5.10. The van der Waals surface area contributed by atoms with Gasteiger partial charge in [-0.1, -0.05) is 43.6 Å². The molecule has 150 valence electrons. The zero-order chi connectivity index (χ0) is 20.5. The molecule has 0 radical (unpaired) electrons. The van der Waals surface area contributed by atoms with Crippen LogP contribution in [0.1, 0.15) is 30.6 Å². The number of piperidine rings is 1. The lowest BCUT2D eigenvalue weighted by Gasteiger charge is -2.35. The number of carbonyl (C=O) groups excluding carboxylic acids is 1. The molecule has 0 saturated carbocycles. The van der Waals surface area contributed by atoms with Crippen LogP contribution in [-0.4, -0.2) is 39.4 Å². The Labute approximate surface area is 172 Å². The van der Waals surface area contributed by atoms with Crippen molar-refractivity contribution in [2.75, 3.05) is 24.4 Å². The first-order valence-corrected chi connectivity index (χ1v) is 11.1. The Morgan fingerprint density at radius 1 is 1.07 bits per heavy atom. The molecule has 1 aliphatic heterocycles. The molecule has 28 heavy (non-hydrogen) atoms. The minimum Gasteiger partial charge on any atom is -0.338 e. The average molecular weight is 421 g/mol. The smallest absolute Gasteiger partial charge is 0.264 e. The van der Waals surface area contributed by atoms with Crippen molar-refractivity contribution in [3.05, 3.63) is 59.1 Å². The van der Waals surface area contributed by atoms with Gasteiger partial charge in [0.15, 0.2) is 0 Å². The number of halogens is 1. The molecule has 1 amide bonds. The van der Waals surface area contributed by atoms with Gasteiger partial charge in [-0.3, -0.25) is 9.10 Å². The molecule has 1 aliphatic rings. The zero-order valence-corrected chi connectivity index (χ0v) is 17.9. The van der Waals surface area contributed by atoms with Crippen LogP contribution in [0.4, 0.5) is 5.69 Å². The molecule has 3 rings (SSSR count). The van der Waals surface area contributed by atoms with Crippen LogP contribution in [0.15, 0.2) is 53.4 Å². The van der Waals surface area contributed by atoms with Crippen LogP contribution < -0.4 is 4.31 Å². The molecule has 1 heterocycles. The van der Waals surface area contributed by atoms with E-state index in [-0.39, 0.29) is 21.4 Å². The zero-order valence-electron chi connectivity index (χ0n) is 16.3. The van der Waals surface area contributed by atoms with Crippen molar-refractivity contribution in [3.63, 3.8) is 0 Å². The fraction of sp³-hybridized carbons (Fsp3) is 0.381. The number of benzene rings is 2. The van der Waals surface area contributed by atoms with Crippen LogP contribution in [-0.2, 0) is 10.0 Å². The normalized spacial score (nSPS) is 20.1. The van der Waals surface area contributed by atoms with Crippen LogP contribution in [0.3, 0.4) is 0 Å². The molecule has 1 saturated heterocycles. The second-order valence-electron chi connectivity index (χ2n) is 7.61. The minimum absolute atomic E-state index is 0.0460. The van der Waals surface area contributed by atoms with Crippen molar-refractivity contribution in [1.29, 1.82) is 0 Å². The van der Waals surface area contributed by atoms with E-state index in [0.717, 1.165) is 6.42 Å². The van der Waals surface area contributed by atoms with Crippen LogP contribution in [0, 0.1) is 11.8 Å². The van der Waals surface area contributed by atoms with E-state index in [2.05, 4.69) is 13.8 Å². The number of anilines is 1. The summed E-state index contributed by atoms with van der Waals surface area (Å²) in [6, 6.07) is 13.1. The predicted molar refractivity (Wildman–Crippen MR) is 112 cm³/mol. The Morgan fingerprint density at radius 3 is 2.29 bits per heavy atom. The molecule has 0 aromatic heterocycles. The van der Waals surface area contributed by atoms with Gasteiger partial charge in [-0.2, -0.15) is 0 Å². The molecule has 0 unspecified atom stereocenters. The number of hydrogen-bond donors (Lipinski definition) is 0. The number of para-hydroxylation sites is 1. The maximum atomic E-state index is 13.1. The molecule has 2 aromatic rings. The Balaban J connectivity index is 1.94. The first kappa shape index (κ1) is 20.7. The van der Waals surface area contributed by atoms with E-state index in [1.54, 1.807) is 29.2 Å². The summed E-state index contributed by atoms with van der Waals surface area (Å²) in [5.41, 5.74) is 0.773. The lowest BCUT2D eigenvalue weighted by Crippen LogP contribution is -2.42. The largest absolute Gasteiger partial charge is 0.338 e. The van der Waals surface area contributed by atoms with E-state index in [1.165, 1.54) is 29.6 Å². The van der Waals surface area contributed by atoms with E-state index in [4.69, 9.17) is 11.6 Å². The first-order valence-electron chi connectivity index (χ1n) is 9.33. The third kappa shape index (κ3) is 4.18. The maximum absolute atomic E-state index is 13.1. The van der Waals surface area contributed by atoms with Gasteiger partial charge in [-0.05, 0) is 48.6 Å². The van der Waals surface area contributed by atoms with E-state index in [0.29, 0.717) is 30.6 Å². The summed E-state index contributed by atoms with van der Waals surface area (Å²) in [6.07, 6.45) is 1.08. The van der Waals surface area contributed by atoms with Crippen molar-refractivity contribution < 1.29 is 13.2 Å². The summed E-state index contributed by atoms with van der Waals surface area (Å²) in [5.74, 6) is 0.591. The lowest BCUT2D eigenvalue weighted by atomic mass is 9.91. The molecule has 0 aliphatic carbocycles. The van der Waals surface area contributed by atoms with Gasteiger partial charge in [-0.15, -0.1) is 0 Å². The van der Waals surface area contributed by atoms with Gasteiger partial charge in [0.25, 0.3) is 15.9 Å². The number of amides is 1. The standard InChI is InChI=1S/C21H25ClN2O3S/c1-15-11-16(2)14-24(13-15)21(25)19-12-18(9-10-20(19)22)28(26,27)23(3)17-7-5-4-6-8-17/h4-10,12,15-16H,11,13-14H2,1-3H3/t15-,16-/m0/s1. The fourth-order valence-corrected chi connectivity index (χ4v) is 5.18. The Bertz CT molecular complexity index is 953. The number of carbonyl (C=O) groups is 1. The highest BCUT2D eigenvalue weighted by molar-refractivity contribution is 7.92. The summed E-state index contributed by atoms with van der Waals surface area (Å²) in [6.45, 7) is 5.54. The van der Waals surface area contributed by atoms with Crippen molar-refractivity contribution in [1.82, 2.24) is 4.90 Å². The highest BCUT2D eigenvalue weighted by Crippen LogP contribution is 2.28. The van der Waals surface area contributed by atoms with Gasteiger partial charge in [-0.25, -0.2) is 8.42 Å². The molecular formula is C21H25ClN2O3S. The predicted octanol–water partition coefficient (Wildman–Crippen LogP) is 4.28. The monoisotopic (exact) mass is 420 g/mol. The van der Waals surface area contributed by atoms with Gasteiger partial charge in [0.2, 0.25) is 0 Å². The number of likely N-dealkylation sites (tertiary alicyclic amines) is 1. The van der Waals surface area contributed by atoms with Crippen molar-refractivity contribution in [2.45, 2.75) is 25.2 Å². The van der Waals surface area contributed by atoms with Gasteiger partial charge < -0.3 is 4.90 Å². The maximum Gasteiger partial charge on any atom is 0.264 e. The number of rotatable bonds is 4. The lowest BCUT2D eigenvalue weighted by molar-refractivity contribution is 0.0623. The van der Waals surface area contributed by atoms with E-state index in [9.17, 15) is 13.2 Å². The van der Waals surface area contributed by atoms with Gasteiger partial charge in [0.1, 0.15) is 0 Å². The van der Waals surface area contributed by atoms with Gasteiger partial charge in [0, 0.05) is 20.1 Å². The van der Waals surface area contributed by atoms with E-state index in [1.807, 2.05) is 6.07 Å². The number of nitrogens with zero attached hydrogens (tertiary/aromatic N) is 2. The summed E-state index contributed by atoms with van der Waals surface area (Å²) in [4.78, 5) is 14.9. The molecule has 0 spiro atoms. The second-order valence-corrected chi connectivity index (χ2v) is 9.98. The second kappa shape index (κ2) is 8.13. The Kier molecular flexibility index (Phi) is 6.01. The topological polar surface area (TPSA) is 57.7 Å². The number of sulfonamides is 1. The van der Waals surface area contributed by atoms with E-state index >= 15 is 0 Å². The summed E-state index contributed by atoms with van der Waals surface area (Å²) >= 11 is 6.27. The third-order valence-corrected chi connectivity index (χ3v) is 7.21. The molecule has 7 heteroatoms. The molecule has 2 atom stereocenters. The molecule has 1 fully saturated rings. The quantitative estimate of drug-likeness (QED) is 0.741. The van der Waals surface area contributed by atoms with Gasteiger partial charge in [0.05, 0.1) is 21.2 Å². The SMILES string of the molecule is C[C@H]1C[C@H](C)CN(C(=O)c2cc(S(=O)(=O)N(C)c3ccccc3)ccc2Cl)C1. The highest BCUT2D eigenvalue weighted by Gasteiger charge is 2.29. The minimum atomic E-state index is -3.81. The molecule has 2 aromatic carbocycles. The average Bonchev–Trinajstić information content (AvgIpc) is 2.67.